The molecule has 106 valence electrons. The molecule has 0 aliphatic rings. The predicted molar refractivity (Wildman–Crippen MR) is 75.3 cm³/mol. The maximum atomic E-state index is 13.2. The van der Waals surface area contributed by atoms with Gasteiger partial charge in [-0.1, -0.05) is 6.07 Å². The Kier molecular flexibility index (Phi) is 3.35. The fourth-order valence-corrected chi connectivity index (χ4v) is 1.96. The van der Waals surface area contributed by atoms with E-state index in [1.54, 1.807) is 23.1 Å². The first-order valence-electron chi connectivity index (χ1n) is 6.31. The van der Waals surface area contributed by atoms with Gasteiger partial charge in [-0.2, -0.15) is 5.10 Å². The van der Waals surface area contributed by atoms with Gasteiger partial charge in [-0.05, 0) is 42.0 Å². The first kappa shape index (κ1) is 13.2. The quantitative estimate of drug-likeness (QED) is 0.753. The lowest BCUT2D eigenvalue weighted by Gasteiger charge is -2.02. The van der Waals surface area contributed by atoms with Gasteiger partial charge in [0.1, 0.15) is 6.33 Å². The summed E-state index contributed by atoms with van der Waals surface area (Å²) in [4.78, 5) is 4.20. The van der Waals surface area contributed by atoms with Crippen molar-refractivity contribution >= 4 is 5.69 Å². The fraction of sp³-hybridized carbons (Fsp3) is 0.0667. The number of nitrogens with zero attached hydrogens (tertiary/aromatic N) is 3. The average Bonchev–Trinajstić information content (AvgIpc) is 2.92. The van der Waals surface area contributed by atoms with E-state index >= 15 is 0 Å². The minimum absolute atomic E-state index is 0.319. The van der Waals surface area contributed by atoms with Crippen LogP contribution in [-0.2, 0) is 6.54 Å². The summed E-state index contributed by atoms with van der Waals surface area (Å²) in [6, 6.07) is 11.0. The Morgan fingerprint density at radius 2 is 1.76 bits per heavy atom. The topological polar surface area (TPSA) is 56.7 Å². The summed E-state index contributed by atoms with van der Waals surface area (Å²) in [5.74, 6) is -1.18. The van der Waals surface area contributed by atoms with Crippen LogP contribution in [0.5, 0.6) is 0 Å². The predicted octanol–water partition coefficient (Wildman–Crippen LogP) is 2.85. The maximum Gasteiger partial charge on any atom is 0.181 e. The van der Waals surface area contributed by atoms with Crippen molar-refractivity contribution in [2.45, 2.75) is 6.54 Å². The summed E-state index contributed by atoms with van der Waals surface area (Å²) in [5, 5.41) is 4.31. The summed E-state index contributed by atoms with van der Waals surface area (Å²) < 4.78 is 27.6. The van der Waals surface area contributed by atoms with Crippen LogP contribution in [0.2, 0.25) is 0 Å². The molecule has 21 heavy (non-hydrogen) atoms. The van der Waals surface area contributed by atoms with Crippen LogP contribution in [0.4, 0.5) is 14.5 Å². The third kappa shape index (κ3) is 2.89. The third-order valence-electron chi connectivity index (χ3n) is 3.03. The minimum atomic E-state index is -0.869. The third-order valence-corrected chi connectivity index (χ3v) is 3.03. The van der Waals surface area contributed by atoms with E-state index in [-0.39, 0.29) is 0 Å². The number of anilines is 1. The van der Waals surface area contributed by atoms with Crippen LogP contribution in [0.3, 0.4) is 0 Å². The van der Waals surface area contributed by atoms with Crippen molar-refractivity contribution in [1.29, 1.82) is 0 Å². The highest BCUT2D eigenvalue weighted by Gasteiger charge is 2.06. The number of rotatable bonds is 3. The van der Waals surface area contributed by atoms with Gasteiger partial charge in [-0.3, -0.25) is 0 Å². The Morgan fingerprint density at radius 3 is 2.48 bits per heavy atom. The second kappa shape index (κ2) is 5.32. The van der Waals surface area contributed by atoms with E-state index in [0.29, 0.717) is 23.6 Å². The average molecular weight is 286 g/mol. The van der Waals surface area contributed by atoms with E-state index < -0.39 is 11.6 Å². The Bertz CT molecular complexity index is 766. The summed E-state index contributed by atoms with van der Waals surface area (Å²) in [7, 11) is 0. The van der Waals surface area contributed by atoms with E-state index in [1.807, 2.05) is 12.1 Å². The molecule has 6 heteroatoms. The van der Waals surface area contributed by atoms with Gasteiger partial charge >= 0.3 is 0 Å². The molecule has 0 unspecified atom stereocenters. The van der Waals surface area contributed by atoms with Crippen LogP contribution in [0.1, 0.15) is 5.56 Å². The molecule has 0 bridgehead atoms. The fourth-order valence-electron chi connectivity index (χ4n) is 1.96. The molecule has 4 nitrogen and oxygen atoms in total. The van der Waals surface area contributed by atoms with Crippen LogP contribution in [0, 0.1) is 11.6 Å². The molecular formula is C15H12F2N4. The largest absolute Gasteiger partial charge is 0.399 e. The second-order valence-corrected chi connectivity index (χ2v) is 4.64. The lowest BCUT2D eigenvalue weighted by atomic mass is 10.2. The molecule has 3 aromatic rings. The van der Waals surface area contributed by atoms with E-state index in [0.717, 1.165) is 17.7 Å². The number of halogens is 2. The number of hydrogen-bond donors (Lipinski definition) is 1. The highest BCUT2D eigenvalue weighted by atomic mass is 19.2. The monoisotopic (exact) mass is 286 g/mol. The normalized spacial score (nSPS) is 10.8. The van der Waals surface area contributed by atoms with Gasteiger partial charge in [0.25, 0.3) is 0 Å². The molecule has 0 aliphatic carbocycles. The zero-order chi connectivity index (χ0) is 14.8. The second-order valence-electron chi connectivity index (χ2n) is 4.64. The highest BCUT2D eigenvalue weighted by Crippen LogP contribution is 2.16. The Balaban J connectivity index is 1.81. The van der Waals surface area contributed by atoms with Crippen molar-refractivity contribution in [2.24, 2.45) is 0 Å². The number of aromatic nitrogens is 3. The number of benzene rings is 2. The van der Waals surface area contributed by atoms with Crippen LogP contribution in [-0.4, -0.2) is 14.8 Å². The molecule has 2 aromatic carbocycles. The number of nitrogens with two attached hydrogens (primary N) is 1. The highest BCUT2D eigenvalue weighted by molar-refractivity contribution is 5.57. The Morgan fingerprint density at radius 1 is 1.00 bits per heavy atom. The van der Waals surface area contributed by atoms with Gasteiger partial charge in [0.2, 0.25) is 0 Å². The van der Waals surface area contributed by atoms with Crippen LogP contribution >= 0.6 is 0 Å². The Hall–Kier alpha value is -2.76. The van der Waals surface area contributed by atoms with E-state index in [9.17, 15) is 8.78 Å². The van der Waals surface area contributed by atoms with Gasteiger partial charge in [0, 0.05) is 11.3 Å². The molecule has 1 aromatic heterocycles. The number of hydrogen-bond acceptors (Lipinski definition) is 3. The van der Waals surface area contributed by atoms with E-state index in [2.05, 4.69) is 10.1 Å². The molecule has 0 radical (unpaired) electrons. The SMILES string of the molecule is Nc1ccc(-c2ncn(Cc3ccc(F)c(F)c3)n2)cc1. The van der Waals surface area contributed by atoms with Gasteiger partial charge in [0.05, 0.1) is 6.54 Å². The molecule has 0 spiro atoms. The lowest BCUT2D eigenvalue weighted by molar-refractivity contribution is 0.506. The maximum absolute atomic E-state index is 13.2. The van der Waals surface area contributed by atoms with Crippen LogP contribution in [0.15, 0.2) is 48.8 Å². The number of nitrogen functional groups attached to an aromatic ring is 1. The van der Waals surface area contributed by atoms with E-state index in [1.165, 1.54) is 6.07 Å². The van der Waals surface area contributed by atoms with Crippen molar-refractivity contribution in [3.05, 3.63) is 66.0 Å². The first-order valence-corrected chi connectivity index (χ1v) is 6.31. The smallest absolute Gasteiger partial charge is 0.181 e. The zero-order valence-corrected chi connectivity index (χ0v) is 11.0. The summed E-state index contributed by atoms with van der Waals surface area (Å²) in [6.45, 7) is 0.319. The summed E-state index contributed by atoms with van der Waals surface area (Å²) >= 11 is 0. The first-order chi connectivity index (χ1) is 10.1. The van der Waals surface area contributed by atoms with Crippen molar-refractivity contribution < 1.29 is 8.78 Å². The Labute approximate surface area is 119 Å². The lowest BCUT2D eigenvalue weighted by Crippen LogP contribution is -2.01. The van der Waals surface area contributed by atoms with Gasteiger partial charge in [-0.15, -0.1) is 0 Å². The molecule has 0 atom stereocenters. The summed E-state index contributed by atoms with van der Waals surface area (Å²) in [6.07, 6.45) is 1.55. The summed E-state index contributed by atoms with van der Waals surface area (Å²) in [5.41, 5.74) is 7.75. The minimum Gasteiger partial charge on any atom is -0.399 e. The molecule has 0 aliphatic heterocycles. The van der Waals surface area contributed by atoms with Gasteiger partial charge < -0.3 is 5.73 Å². The molecule has 0 amide bonds. The van der Waals surface area contributed by atoms with Crippen LogP contribution in [0.25, 0.3) is 11.4 Å². The molecule has 0 saturated carbocycles. The standard InChI is InChI=1S/C15H12F2N4/c16-13-6-1-10(7-14(13)17)8-21-9-19-15(20-21)11-2-4-12(18)5-3-11/h1-7,9H,8,18H2. The molecule has 0 saturated heterocycles. The van der Waals surface area contributed by atoms with Crippen molar-refractivity contribution in [1.82, 2.24) is 14.8 Å². The van der Waals surface area contributed by atoms with Crippen molar-refractivity contribution in [3.8, 4) is 11.4 Å². The van der Waals surface area contributed by atoms with Gasteiger partial charge in [-0.25, -0.2) is 18.4 Å². The molecule has 1 heterocycles. The molecule has 2 N–H and O–H groups in total. The van der Waals surface area contributed by atoms with Crippen LogP contribution < -0.4 is 5.73 Å². The van der Waals surface area contributed by atoms with E-state index in [4.69, 9.17) is 5.73 Å². The van der Waals surface area contributed by atoms with Crippen molar-refractivity contribution in [2.75, 3.05) is 5.73 Å². The molecule has 0 fully saturated rings. The van der Waals surface area contributed by atoms with Crippen molar-refractivity contribution in [3.63, 3.8) is 0 Å². The van der Waals surface area contributed by atoms with Gasteiger partial charge in [0.15, 0.2) is 17.5 Å². The zero-order valence-electron chi connectivity index (χ0n) is 11.0. The molecule has 3 rings (SSSR count). The molecular weight excluding hydrogens is 274 g/mol.